The van der Waals surface area contributed by atoms with Gasteiger partial charge in [-0.2, -0.15) is 10.2 Å². The average molecular weight is 508 g/mol. The molecule has 0 saturated carbocycles. The van der Waals surface area contributed by atoms with Crippen molar-refractivity contribution in [1.29, 1.82) is 0 Å². The average Bonchev–Trinajstić information content (AvgIpc) is 3.64. The molecule has 0 atom stereocenters. The minimum absolute atomic E-state index is 0.171. The van der Waals surface area contributed by atoms with Gasteiger partial charge in [0.25, 0.3) is 5.91 Å². The van der Waals surface area contributed by atoms with Gasteiger partial charge in [-0.05, 0) is 85.4 Å². The molecule has 0 bridgehead atoms. The van der Waals surface area contributed by atoms with E-state index in [0.29, 0.717) is 39.9 Å². The molecule has 0 radical (unpaired) electrons. The number of carbonyl (C=O) groups is 1. The summed E-state index contributed by atoms with van der Waals surface area (Å²) in [6.07, 6.45) is 8.76. The Morgan fingerprint density at radius 2 is 1.89 bits per heavy atom. The predicted molar refractivity (Wildman–Crippen MR) is 148 cm³/mol. The van der Waals surface area contributed by atoms with E-state index in [-0.39, 0.29) is 5.91 Å². The van der Waals surface area contributed by atoms with Crippen molar-refractivity contribution < 1.29 is 9.18 Å². The number of amides is 1. The smallest absolute Gasteiger partial charge is 0.251 e. The molecule has 0 fully saturated rings. The number of hydrogen-bond acceptors (Lipinski definition) is 3. The molecule has 38 heavy (non-hydrogen) atoms. The van der Waals surface area contributed by atoms with Gasteiger partial charge in [0, 0.05) is 36.3 Å². The number of nitrogens with zero attached hydrogens (tertiary/aromatic N) is 3. The zero-order valence-electron chi connectivity index (χ0n) is 21.6. The van der Waals surface area contributed by atoms with Crippen LogP contribution in [0.1, 0.15) is 52.9 Å². The molecule has 2 N–H and O–H groups in total. The van der Waals surface area contributed by atoms with Gasteiger partial charge in [0.05, 0.1) is 17.4 Å². The van der Waals surface area contributed by atoms with Gasteiger partial charge in [-0.15, -0.1) is 0 Å². The molecule has 2 heterocycles. The number of aromatic amines is 1. The van der Waals surface area contributed by atoms with Crippen molar-refractivity contribution >= 4 is 5.91 Å². The largest absolute Gasteiger partial charge is 0.352 e. The van der Waals surface area contributed by atoms with E-state index in [1.807, 2.05) is 24.5 Å². The van der Waals surface area contributed by atoms with Gasteiger partial charge >= 0.3 is 0 Å². The van der Waals surface area contributed by atoms with Gasteiger partial charge in [-0.25, -0.2) is 9.07 Å². The monoisotopic (exact) mass is 507 g/mol. The Balaban J connectivity index is 1.55. The van der Waals surface area contributed by atoms with Gasteiger partial charge in [-0.3, -0.25) is 9.89 Å². The maximum Gasteiger partial charge on any atom is 0.251 e. The first-order valence-corrected chi connectivity index (χ1v) is 12.3. The van der Waals surface area contributed by atoms with E-state index in [1.165, 1.54) is 0 Å². The number of allylic oxidation sites excluding steroid dienone is 2. The SMILES string of the molecule is C=C(C)C(F)(C(=C)C)c1ccc(C#Cc2cc(C(=O)NCCCc3cn[nH]c3)ccc2-n2cccn2)cc1. The summed E-state index contributed by atoms with van der Waals surface area (Å²) < 4.78 is 17.3. The third-order valence-corrected chi connectivity index (χ3v) is 6.29. The number of carbonyl (C=O) groups excluding carboxylic acids is 1. The second kappa shape index (κ2) is 11.6. The fraction of sp³-hybridized carbons (Fsp3) is 0.194. The standard InChI is InChI=1S/C31H30FN5O/c1-22(2)31(32,23(3)4)28-13-9-24(10-14-28)8-11-26-19-27(12-15-29(26)37-18-6-17-36-37)30(38)33-16-5-7-25-20-34-35-21-25/h6,9-10,12-15,17-21H,1,3,5,7,16H2,2,4H3,(H,33,38)(H,34,35). The Kier molecular flexibility index (Phi) is 8.03. The zero-order chi connectivity index (χ0) is 27.1. The number of benzene rings is 2. The van der Waals surface area contributed by atoms with Gasteiger partial charge in [-0.1, -0.05) is 37.1 Å². The van der Waals surface area contributed by atoms with Crippen molar-refractivity contribution in [2.24, 2.45) is 0 Å². The highest BCUT2D eigenvalue weighted by atomic mass is 19.1. The molecular weight excluding hydrogens is 477 g/mol. The van der Waals surface area contributed by atoms with Crippen LogP contribution in [0.25, 0.3) is 5.69 Å². The Hall–Kier alpha value is -4.70. The lowest BCUT2D eigenvalue weighted by molar-refractivity contribution is 0.0953. The highest BCUT2D eigenvalue weighted by Gasteiger charge is 2.33. The Morgan fingerprint density at radius 1 is 1.13 bits per heavy atom. The molecule has 0 aliphatic carbocycles. The molecule has 4 rings (SSSR count). The van der Waals surface area contributed by atoms with E-state index < -0.39 is 5.67 Å². The van der Waals surface area contributed by atoms with Crippen molar-refractivity contribution in [2.45, 2.75) is 32.4 Å². The van der Waals surface area contributed by atoms with Crippen LogP contribution in [-0.2, 0) is 12.1 Å². The number of alkyl halides is 1. The maximum absolute atomic E-state index is 15.6. The van der Waals surface area contributed by atoms with Crippen molar-refractivity contribution in [1.82, 2.24) is 25.3 Å². The topological polar surface area (TPSA) is 75.6 Å². The summed E-state index contributed by atoms with van der Waals surface area (Å²) in [6.45, 7) is 11.5. The summed E-state index contributed by atoms with van der Waals surface area (Å²) in [4.78, 5) is 12.8. The highest BCUT2D eigenvalue weighted by Crippen LogP contribution is 2.39. The minimum Gasteiger partial charge on any atom is -0.352 e. The van der Waals surface area contributed by atoms with E-state index in [0.717, 1.165) is 24.1 Å². The Bertz CT molecular complexity index is 1480. The van der Waals surface area contributed by atoms with Crippen LogP contribution in [0.2, 0.25) is 0 Å². The van der Waals surface area contributed by atoms with Crippen LogP contribution in [0.3, 0.4) is 0 Å². The summed E-state index contributed by atoms with van der Waals surface area (Å²) in [5.74, 6) is 6.14. The van der Waals surface area contributed by atoms with E-state index in [4.69, 9.17) is 0 Å². The van der Waals surface area contributed by atoms with Crippen molar-refractivity contribution in [3.63, 3.8) is 0 Å². The summed E-state index contributed by atoms with van der Waals surface area (Å²) in [5, 5.41) is 14.0. The van der Waals surface area contributed by atoms with Gasteiger partial charge < -0.3 is 5.32 Å². The molecule has 0 unspecified atom stereocenters. The van der Waals surface area contributed by atoms with Gasteiger partial charge in [0.2, 0.25) is 0 Å². The van der Waals surface area contributed by atoms with Crippen LogP contribution in [0.15, 0.2) is 97.6 Å². The number of aromatic nitrogens is 4. The second-order valence-corrected chi connectivity index (χ2v) is 9.20. The fourth-order valence-corrected chi connectivity index (χ4v) is 4.18. The van der Waals surface area contributed by atoms with Crippen molar-refractivity contribution in [3.8, 4) is 17.5 Å². The third kappa shape index (κ3) is 5.81. The lowest BCUT2D eigenvalue weighted by Crippen LogP contribution is -2.25. The summed E-state index contributed by atoms with van der Waals surface area (Å²) in [7, 11) is 0. The predicted octanol–water partition coefficient (Wildman–Crippen LogP) is 5.67. The highest BCUT2D eigenvalue weighted by molar-refractivity contribution is 5.95. The van der Waals surface area contributed by atoms with E-state index in [2.05, 4.69) is 45.6 Å². The number of hydrogen-bond donors (Lipinski definition) is 2. The number of rotatable bonds is 9. The first-order valence-electron chi connectivity index (χ1n) is 12.3. The molecule has 2 aromatic heterocycles. The molecule has 0 spiro atoms. The molecule has 0 aliphatic rings. The minimum atomic E-state index is -1.79. The molecule has 192 valence electrons. The van der Waals surface area contributed by atoms with E-state index in [9.17, 15) is 4.79 Å². The zero-order valence-corrected chi connectivity index (χ0v) is 21.6. The van der Waals surface area contributed by atoms with Crippen LogP contribution in [0, 0.1) is 11.8 Å². The molecule has 4 aromatic rings. The second-order valence-electron chi connectivity index (χ2n) is 9.20. The number of aryl methyl sites for hydroxylation is 1. The van der Waals surface area contributed by atoms with E-state index in [1.54, 1.807) is 67.3 Å². The molecule has 0 saturated heterocycles. The fourth-order valence-electron chi connectivity index (χ4n) is 4.18. The number of halogens is 1. The maximum atomic E-state index is 15.6. The van der Waals surface area contributed by atoms with Crippen LogP contribution < -0.4 is 5.32 Å². The van der Waals surface area contributed by atoms with Gasteiger partial charge in [0.15, 0.2) is 5.67 Å². The molecular formula is C31H30FN5O. The molecule has 2 aromatic carbocycles. The van der Waals surface area contributed by atoms with Crippen LogP contribution in [0.5, 0.6) is 0 Å². The van der Waals surface area contributed by atoms with Crippen molar-refractivity contribution in [3.05, 3.63) is 125 Å². The Labute approximate surface area is 222 Å². The summed E-state index contributed by atoms with van der Waals surface area (Å²) >= 11 is 0. The summed E-state index contributed by atoms with van der Waals surface area (Å²) in [6, 6.07) is 14.1. The third-order valence-electron chi connectivity index (χ3n) is 6.29. The van der Waals surface area contributed by atoms with Gasteiger partial charge in [0.1, 0.15) is 0 Å². The number of H-pyrrole nitrogens is 1. The van der Waals surface area contributed by atoms with Crippen LogP contribution >= 0.6 is 0 Å². The first-order chi connectivity index (χ1) is 18.3. The number of nitrogens with one attached hydrogen (secondary N) is 2. The summed E-state index contributed by atoms with van der Waals surface area (Å²) in [5.41, 5.74) is 3.15. The van der Waals surface area contributed by atoms with Crippen LogP contribution in [-0.4, -0.2) is 32.4 Å². The quantitative estimate of drug-likeness (QED) is 0.174. The molecule has 6 nitrogen and oxygen atoms in total. The van der Waals surface area contributed by atoms with Crippen LogP contribution in [0.4, 0.5) is 4.39 Å². The Morgan fingerprint density at radius 3 is 2.53 bits per heavy atom. The lowest BCUT2D eigenvalue weighted by Gasteiger charge is -2.27. The first kappa shape index (κ1) is 26.4. The molecule has 0 aliphatic heterocycles. The molecule has 7 heteroatoms. The van der Waals surface area contributed by atoms with E-state index >= 15 is 4.39 Å². The molecule has 1 amide bonds. The van der Waals surface area contributed by atoms with Crippen molar-refractivity contribution in [2.75, 3.05) is 6.54 Å². The lowest BCUT2D eigenvalue weighted by atomic mass is 9.84. The normalized spacial score (nSPS) is 10.9.